The molecule has 2 aliphatic heterocycles. The number of carbonyl (C=O) groups is 5. The van der Waals surface area contributed by atoms with E-state index < -0.39 is 68.5 Å². The van der Waals surface area contributed by atoms with Crippen LogP contribution < -0.4 is 19.5 Å². The first-order valence-corrected chi connectivity index (χ1v) is 22.8. The zero-order valence-electron chi connectivity index (χ0n) is 36.0. The first-order valence-electron chi connectivity index (χ1n) is 20.8. The molecule has 4 aromatic rings. The number of methoxy groups -OCH3 is 1. The van der Waals surface area contributed by atoms with Crippen LogP contribution in [0.1, 0.15) is 46.5 Å². The Balaban J connectivity index is 1.28. The molecule has 18 heteroatoms. The van der Waals surface area contributed by atoms with Crippen molar-refractivity contribution >= 4 is 62.2 Å². The molecule has 2 saturated heterocycles. The third-order valence-corrected chi connectivity index (χ3v) is 13.8. The quantitative estimate of drug-likeness (QED) is 0.117. The average molecular weight is 915 g/mol. The van der Waals surface area contributed by atoms with Gasteiger partial charge in [-0.1, -0.05) is 54.6 Å². The number of hydrogen-bond acceptors (Lipinski definition) is 10. The van der Waals surface area contributed by atoms with Gasteiger partial charge in [-0.15, -0.1) is 18.2 Å². The summed E-state index contributed by atoms with van der Waals surface area (Å²) in [6.07, 6.45) is -1.07. The molecule has 1 aliphatic carbocycles. The number of sulfonamides is 1. The number of pyridine rings is 1. The number of nitrogens with zero attached hydrogens (tertiary/aromatic N) is 4. The third kappa shape index (κ3) is 8.82. The molecule has 3 fully saturated rings. The zero-order valence-corrected chi connectivity index (χ0v) is 37.5. The van der Waals surface area contributed by atoms with Crippen LogP contribution in [0, 0.1) is 5.92 Å². The molecule has 0 bridgehead atoms. The number of carbonyl (C=O) groups excluding carboxylic acids is 4. The van der Waals surface area contributed by atoms with Gasteiger partial charge in [0.2, 0.25) is 17.7 Å². The maximum Gasteiger partial charge on any atom is 0.408 e. The molecule has 0 spiro atoms. The Morgan fingerprint density at radius 3 is 2.23 bits per heavy atom. The lowest BCUT2D eigenvalue weighted by molar-refractivity contribution is -0.156. The number of carboxylic acid groups (broad SMARTS) is 1. The van der Waals surface area contributed by atoms with Gasteiger partial charge < -0.3 is 29.7 Å². The normalized spacial score (nSPS) is 21.7. The molecule has 338 valence electrons. The molecule has 3 aliphatic rings. The number of amides is 5. The fourth-order valence-electron chi connectivity index (χ4n) is 9.02. The van der Waals surface area contributed by atoms with Crippen molar-refractivity contribution in [3.05, 3.63) is 97.6 Å². The molecule has 3 aromatic carbocycles. The summed E-state index contributed by atoms with van der Waals surface area (Å²) < 4.78 is 41.0. The highest BCUT2D eigenvalue weighted by Gasteiger charge is 2.62. The number of ether oxygens (including phenoxy) is 2. The van der Waals surface area contributed by atoms with Crippen LogP contribution in [-0.4, -0.2) is 124 Å². The van der Waals surface area contributed by atoms with Crippen LogP contribution in [0.4, 0.5) is 4.79 Å². The summed E-state index contributed by atoms with van der Waals surface area (Å²) in [5.41, 5.74) is -2.69. The summed E-state index contributed by atoms with van der Waals surface area (Å²) in [5, 5.41) is 14.2. The predicted octanol–water partition coefficient (Wildman–Crippen LogP) is 5.20. The zero-order chi connectivity index (χ0) is 46.2. The number of halogens is 1. The standard InChI is InChI=1S/C46H51ClN6O10S/c1-6-30-26-46(30,41(56)50-64(60,61)33-15-11-8-12-16-33)49-40(55)37-24-32(63-38-25-35(29-13-9-7-10-14-29)48-36-23-31(62-5)17-18-34(36)38)28-52(37)42(57)45(53(43(58)59)44(2,3)4)19-21-51(22-20-45)39(54)27-47/h6-18,23,25,30,32,37H,1,19-22,24,26-28H2,2-5H3,(H,49,55)(H,50,56)(H,58,59)/t30-,32-,37+,46-/m1/s1. The predicted molar refractivity (Wildman–Crippen MR) is 238 cm³/mol. The Hall–Kier alpha value is -6.20. The van der Waals surface area contributed by atoms with Crippen molar-refractivity contribution in [1.29, 1.82) is 0 Å². The largest absolute Gasteiger partial charge is 0.497 e. The molecule has 3 heterocycles. The van der Waals surface area contributed by atoms with E-state index in [0.717, 1.165) is 10.5 Å². The van der Waals surface area contributed by atoms with Crippen LogP contribution in [0.15, 0.2) is 102 Å². The van der Waals surface area contributed by atoms with Gasteiger partial charge in [0.05, 0.1) is 29.8 Å². The molecule has 64 heavy (non-hydrogen) atoms. The van der Waals surface area contributed by atoms with E-state index in [4.69, 9.17) is 26.1 Å². The fourth-order valence-corrected chi connectivity index (χ4v) is 10.3. The molecule has 0 radical (unpaired) electrons. The van der Waals surface area contributed by atoms with E-state index in [9.17, 15) is 32.7 Å². The second kappa shape index (κ2) is 17.8. The summed E-state index contributed by atoms with van der Waals surface area (Å²) in [5.74, 6) is -2.83. The number of alkyl halides is 1. The highest BCUT2D eigenvalue weighted by atomic mass is 35.5. The van der Waals surface area contributed by atoms with Gasteiger partial charge >= 0.3 is 6.09 Å². The van der Waals surface area contributed by atoms with Crippen LogP contribution in [0.25, 0.3) is 22.2 Å². The maximum absolute atomic E-state index is 15.5. The Morgan fingerprint density at radius 2 is 1.66 bits per heavy atom. The van der Waals surface area contributed by atoms with E-state index in [1.54, 1.807) is 58.2 Å². The molecule has 1 saturated carbocycles. The van der Waals surface area contributed by atoms with Gasteiger partial charge in [0, 0.05) is 54.0 Å². The number of nitrogens with one attached hydrogen (secondary N) is 2. The first-order chi connectivity index (χ1) is 30.4. The van der Waals surface area contributed by atoms with E-state index in [1.165, 1.54) is 40.1 Å². The number of benzene rings is 3. The van der Waals surface area contributed by atoms with Crippen molar-refractivity contribution in [2.24, 2.45) is 5.92 Å². The highest BCUT2D eigenvalue weighted by Crippen LogP contribution is 2.46. The fraction of sp³-hybridized carbons (Fsp3) is 0.391. The van der Waals surface area contributed by atoms with Gasteiger partial charge in [0.1, 0.15) is 40.6 Å². The first kappa shape index (κ1) is 45.8. The van der Waals surface area contributed by atoms with E-state index in [-0.39, 0.29) is 62.0 Å². The number of piperidine rings is 1. The molecule has 7 rings (SSSR count). The Morgan fingerprint density at radius 1 is 1.00 bits per heavy atom. The van der Waals surface area contributed by atoms with Gasteiger partial charge in [0.25, 0.3) is 15.9 Å². The summed E-state index contributed by atoms with van der Waals surface area (Å²) in [4.78, 5) is 79.0. The lowest BCUT2D eigenvalue weighted by atomic mass is 9.81. The number of fused-ring (bicyclic) bond motifs is 1. The summed E-state index contributed by atoms with van der Waals surface area (Å²) >= 11 is 5.90. The number of likely N-dealkylation sites (tertiary alicyclic amines) is 2. The van der Waals surface area contributed by atoms with Crippen molar-refractivity contribution in [3.63, 3.8) is 0 Å². The molecule has 16 nitrogen and oxygen atoms in total. The van der Waals surface area contributed by atoms with Crippen molar-refractivity contribution in [1.82, 2.24) is 29.7 Å². The minimum absolute atomic E-state index is 0.0106. The Kier molecular flexibility index (Phi) is 12.7. The SMILES string of the molecule is C=C[C@@H]1C[C@]1(NC(=O)[C@@H]1C[C@@H](Oc2cc(-c3ccccc3)nc3cc(OC)ccc23)CN1C(=O)C1(N(C(=O)O)C(C)(C)C)CCN(C(=O)CCl)CC1)C(=O)NS(=O)(=O)c1ccccc1. The van der Waals surface area contributed by atoms with Gasteiger partial charge in [0.15, 0.2) is 0 Å². The van der Waals surface area contributed by atoms with Crippen molar-refractivity contribution in [3.8, 4) is 22.8 Å². The second-order valence-corrected chi connectivity index (χ2v) is 19.2. The number of hydrogen-bond donors (Lipinski definition) is 3. The number of rotatable bonds is 13. The van der Waals surface area contributed by atoms with E-state index in [0.29, 0.717) is 28.1 Å². The third-order valence-electron chi connectivity index (χ3n) is 12.2. The lowest BCUT2D eigenvalue weighted by Gasteiger charge is -2.52. The van der Waals surface area contributed by atoms with Gasteiger partial charge in [-0.2, -0.15) is 0 Å². The molecular weight excluding hydrogens is 864 g/mol. The molecular formula is C46H51ClN6O10S. The lowest BCUT2D eigenvalue weighted by Crippen LogP contribution is -2.70. The summed E-state index contributed by atoms with van der Waals surface area (Å²) in [6.45, 7) is 8.62. The summed E-state index contributed by atoms with van der Waals surface area (Å²) in [7, 11) is -2.81. The molecule has 3 N–H and O–H groups in total. The highest BCUT2D eigenvalue weighted by molar-refractivity contribution is 7.90. The molecule has 4 atom stereocenters. The van der Waals surface area contributed by atoms with Gasteiger partial charge in [-0.25, -0.2) is 22.9 Å². The van der Waals surface area contributed by atoms with Crippen molar-refractivity contribution in [2.75, 3.05) is 32.6 Å². The van der Waals surface area contributed by atoms with Crippen LogP contribution in [0.5, 0.6) is 11.5 Å². The van der Waals surface area contributed by atoms with E-state index in [2.05, 4.69) is 16.6 Å². The van der Waals surface area contributed by atoms with Gasteiger partial charge in [-0.05, 0) is 64.3 Å². The Labute approximate surface area is 376 Å². The molecule has 1 aromatic heterocycles. The molecule has 5 amide bonds. The smallest absolute Gasteiger partial charge is 0.408 e. The number of aromatic nitrogens is 1. The second-order valence-electron chi connectivity index (χ2n) is 17.3. The maximum atomic E-state index is 15.5. The average Bonchev–Trinajstić information content (AvgIpc) is 3.84. The monoisotopic (exact) mass is 914 g/mol. The minimum atomic E-state index is -4.35. The van der Waals surface area contributed by atoms with Crippen LogP contribution >= 0.6 is 11.6 Å². The minimum Gasteiger partial charge on any atom is -0.497 e. The van der Waals surface area contributed by atoms with Gasteiger partial charge in [-0.3, -0.25) is 24.1 Å². The van der Waals surface area contributed by atoms with Crippen LogP contribution in [-0.2, 0) is 29.2 Å². The van der Waals surface area contributed by atoms with Crippen molar-refractivity contribution in [2.45, 2.75) is 80.1 Å². The van der Waals surface area contributed by atoms with E-state index in [1.807, 2.05) is 30.3 Å². The molecule has 0 unspecified atom stereocenters. The topological polar surface area (TPSA) is 205 Å². The van der Waals surface area contributed by atoms with Crippen molar-refractivity contribution < 1.29 is 47.0 Å². The summed E-state index contributed by atoms with van der Waals surface area (Å²) in [6, 6.07) is 22.5. The van der Waals surface area contributed by atoms with Crippen LogP contribution in [0.3, 0.4) is 0 Å². The van der Waals surface area contributed by atoms with E-state index >= 15 is 4.79 Å². The Bertz CT molecular complexity index is 2580. The van der Waals surface area contributed by atoms with Crippen LogP contribution in [0.2, 0.25) is 0 Å².